The number of aliphatic hydroxyl groups excluding tert-OH is 1. The minimum atomic E-state index is -1.12. The molecule has 1 heterocycles. The van der Waals surface area contributed by atoms with Gasteiger partial charge in [0.05, 0.1) is 5.92 Å². The standard InChI is InChI=1S/C17H17N5O5/c18-13-6-1-5-2-9(21-27)12(17(19)26)16(25)10(5)15(24)11(6)14(23)8-4-22(20)3-7(8)13/h3-6,10,13,24H,1-2,18,20H2,(H2,19,26)/t5?,6-,10+,13+/m0/s1. The molecule has 3 aliphatic carbocycles. The highest BCUT2D eigenvalue weighted by atomic mass is 16.3. The van der Waals surface area contributed by atoms with Crippen molar-refractivity contribution in [3.05, 3.63) is 51.0 Å². The molecule has 0 aromatic carbocycles. The Kier molecular flexibility index (Phi) is 3.57. The van der Waals surface area contributed by atoms with E-state index >= 15 is 0 Å². The summed E-state index contributed by atoms with van der Waals surface area (Å²) in [6.45, 7) is 0. The molecule has 1 amide bonds. The lowest BCUT2D eigenvalue weighted by atomic mass is 9.61. The third kappa shape index (κ3) is 2.19. The van der Waals surface area contributed by atoms with Crippen LogP contribution in [0.3, 0.4) is 0 Å². The van der Waals surface area contributed by atoms with Gasteiger partial charge in [0.1, 0.15) is 17.0 Å². The van der Waals surface area contributed by atoms with Crippen LogP contribution >= 0.6 is 0 Å². The summed E-state index contributed by atoms with van der Waals surface area (Å²) in [5.74, 6) is 0.793. The third-order valence-electron chi connectivity index (χ3n) is 5.76. The van der Waals surface area contributed by atoms with E-state index in [4.69, 9.17) is 17.3 Å². The number of aliphatic hydroxyl groups is 1. The van der Waals surface area contributed by atoms with Crippen LogP contribution in [0.5, 0.6) is 0 Å². The number of primary amides is 1. The van der Waals surface area contributed by atoms with Gasteiger partial charge in [0, 0.05) is 41.1 Å². The lowest BCUT2D eigenvalue weighted by molar-refractivity contribution is -0.125. The molecule has 0 saturated carbocycles. The SMILES string of the molecule is NC(=O)C1=C(N=O)CC2C[C@H]3C(=C(O)[C@@H]2C1=O)C(=O)c1cn(N)cc1[C@@H]3N. The summed E-state index contributed by atoms with van der Waals surface area (Å²) in [6, 6.07) is -0.607. The summed E-state index contributed by atoms with van der Waals surface area (Å²) in [4.78, 5) is 48.4. The second kappa shape index (κ2) is 5.61. The Hall–Kier alpha value is -3.27. The van der Waals surface area contributed by atoms with E-state index in [0.717, 1.165) is 0 Å². The molecule has 4 rings (SSSR count). The van der Waals surface area contributed by atoms with Crippen molar-refractivity contribution < 1.29 is 19.5 Å². The molecule has 0 spiro atoms. The third-order valence-corrected chi connectivity index (χ3v) is 5.76. The van der Waals surface area contributed by atoms with Crippen molar-refractivity contribution in [1.29, 1.82) is 0 Å². The predicted octanol–water partition coefficient (Wildman–Crippen LogP) is -0.0590. The van der Waals surface area contributed by atoms with Crippen LogP contribution in [0, 0.1) is 22.7 Å². The van der Waals surface area contributed by atoms with E-state index in [1.54, 1.807) is 6.20 Å². The van der Waals surface area contributed by atoms with E-state index in [9.17, 15) is 24.4 Å². The first-order valence-electron chi connectivity index (χ1n) is 8.37. The van der Waals surface area contributed by atoms with Gasteiger partial charge in [-0.15, -0.1) is 4.91 Å². The van der Waals surface area contributed by atoms with Crippen molar-refractivity contribution in [2.75, 3.05) is 5.84 Å². The number of aromatic nitrogens is 1. The number of allylic oxidation sites excluding steroid dienone is 2. The average Bonchev–Trinajstić information content (AvgIpc) is 3.00. The predicted molar refractivity (Wildman–Crippen MR) is 92.2 cm³/mol. The van der Waals surface area contributed by atoms with Crippen LogP contribution in [0.15, 0.2) is 40.2 Å². The van der Waals surface area contributed by atoms with Gasteiger partial charge in [-0.3, -0.25) is 19.1 Å². The first-order chi connectivity index (χ1) is 12.8. The monoisotopic (exact) mass is 371 g/mol. The topological polar surface area (TPSA) is 184 Å². The Morgan fingerprint density at radius 1 is 1.30 bits per heavy atom. The normalized spacial score (nSPS) is 30.0. The Morgan fingerprint density at radius 3 is 2.63 bits per heavy atom. The number of ketones is 2. The van der Waals surface area contributed by atoms with Gasteiger partial charge in [-0.1, -0.05) is 0 Å². The number of nitrogen functional groups attached to an aromatic ring is 1. The zero-order valence-corrected chi connectivity index (χ0v) is 14.1. The summed E-state index contributed by atoms with van der Waals surface area (Å²) in [7, 11) is 0. The molecule has 0 aliphatic heterocycles. The number of rotatable bonds is 2. The van der Waals surface area contributed by atoms with Crippen LogP contribution in [0.2, 0.25) is 0 Å². The zero-order chi connectivity index (χ0) is 19.6. The molecule has 0 bridgehead atoms. The maximum absolute atomic E-state index is 12.9. The zero-order valence-electron chi connectivity index (χ0n) is 14.1. The fourth-order valence-electron chi connectivity index (χ4n) is 4.61. The van der Waals surface area contributed by atoms with Crippen molar-refractivity contribution in [1.82, 2.24) is 4.68 Å². The number of fused-ring (bicyclic) bond motifs is 3. The first kappa shape index (κ1) is 17.2. The highest BCUT2D eigenvalue weighted by molar-refractivity contribution is 6.22. The van der Waals surface area contributed by atoms with E-state index in [0.29, 0.717) is 5.56 Å². The molecule has 1 unspecified atom stereocenters. The molecule has 10 nitrogen and oxygen atoms in total. The molecular formula is C17H17N5O5. The van der Waals surface area contributed by atoms with E-state index in [1.165, 1.54) is 10.9 Å². The summed E-state index contributed by atoms with van der Waals surface area (Å²) in [5, 5.41) is 13.6. The minimum absolute atomic E-state index is 0.00229. The molecule has 1 aromatic heterocycles. The van der Waals surface area contributed by atoms with Gasteiger partial charge in [0.25, 0.3) is 5.91 Å². The molecular weight excluding hydrogens is 354 g/mol. The smallest absolute Gasteiger partial charge is 0.254 e. The van der Waals surface area contributed by atoms with Gasteiger partial charge in [-0.25, -0.2) is 0 Å². The van der Waals surface area contributed by atoms with E-state index in [2.05, 4.69) is 5.18 Å². The van der Waals surface area contributed by atoms with Crippen LogP contribution in [0.25, 0.3) is 0 Å². The van der Waals surface area contributed by atoms with Crippen LogP contribution in [0.1, 0.15) is 34.8 Å². The molecule has 1 aromatic rings. The molecule has 10 heteroatoms. The van der Waals surface area contributed by atoms with Gasteiger partial charge in [-0.05, 0) is 23.9 Å². The highest BCUT2D eigenvalue weighted by Crippen LogP contribution is 2.51. The maximum Gasteiger partial charge on any atom is 0.254 e. The molecule has 0 saturated heterocycles. The molecule has 0 fully saturated rings. The average molecular weight is 371 g/mol. The Labute approximate surface area is 152 Å². The van der Waals surface area contributed by atoms with E-state index in [1.807, 2.05) is 0 Å². The van der Waals surface area contributed by atoms with Crippen LogP contribution in [0.4, 0.5) is 0 Å². The fraction of sp³-hybridized carbons (Fsp3) is 0.353. The fourth-order valence-corrected chi connectivity index (χ4v) is 4.61. The number of Topliss-reactive ketones (excluding diaryl/α,β-unsaturated/α-hetero) is 2. The Balaban J connectivity index is 1.87. The maximum atomic E-state index is 12.9. The number of nitroso groups, excluding NO2 is 1. The molecule has 27 heavy (non-hydrogen) atoms. The van der Waals surface area contributed by atoms with Gasteiger partial charge < -0.3 is 22.4 Å². The van der Waals surface area contributed by atoms with Crippen LogP contribution in [-0.4, -0.2) is 27.3 Å². The van der Waals surface area contributed by atoms with Gasteiger partial charge in [-0.2, -0.15) is 0 Å². The number of hydrogen-bond donors (Lipinski definition) is 4. The Bertz CT molecular complexity index is 988. The molecule has 4 atom stereocenters. The number of nitrogens with zero attached hydrogens (tertiary/aromatic N) is 2. The molecule has 0 radical (unpaired) electrons. The second-order valence-electron chi connectivity index (χ2n) is 7.15. The summed E-state index contributed by atoms with van der Waals surface area (Å²) < 4.78 is 1.22. The molecule has 7 N–H and O–H groups in total. The van der Waals surface area contributed by atoms with Gasteiger partial charge in [0.2, 0.25) is 0 Å². The van der Waals surface area contributed by atoms with Crippen LogP contribution in [-0.2, 0) is 9.59 Å². The number of carbonyl (C=O) groups excluding carboxylic acids is 3. The quantitative estimate of drug-likeness (QED) is 0.318. The number of nitrogens with two attached hydrogens (primary N) is 3. The summed E-state index contributed by atoms with van der Waals surface area (Å²) >= 11 is 0. The van der Waals surface area contributed by atoms with Crippen molar-refractivity contribution >= 4 is 17.5 Å². The second-order valence-corrected chi connectivity index (χ2v) is 7.15. The number of hydrogen-bond acceptors (Lipinski definition) is 8. The van der Waals surface area contributed by atoms with E-state index in [-0.39, 0.29) is 29.7 Å². The van der Waals surface area contributed by atoms with Crippen molar-refractivity contribution in [2.45, 2.75) is 18.9 Å². The lowest BCUT2D eigenvalue weighted by Gasteiger charge is -2.42. The van der Waals surface area contributed by atoms with Crippen LogP contribution < -0.4 is 17.3 Å². The molecule has 140 valence electrons. The number of amides is 1. The van der Waals surface area contributed by atoms with Crippen molar-refractivity contribution in [3.63, 3.8) is 0 Å². The Morgan fingerprint density at radius 2 is 2.00 bits per heavy atom. The lowest BCUT2D eigenvalue weighted by Crippen LogP contribution is -2.45. The van der Waals surface area contributed by atoms with E-state index < -0.39 is 52.6 Å². The first-order valence-corrected chi connectivity index (χ1v) is 8.37. The number of carbonyl (C=O) groups is 3. The van der Waals surface area contributed by atoms with Crippen molar-refractivity contribution in [2.24, 2.45) is 34.4 Å². The highest BCUT2D eigenvalue weighted by Gasteiger charge is 2.52. The van der Waals surface area contributed by atoms with Gasteiger partial charge in [0.15, 0.2) is 11.6 Å². The largest absolute Gasteiger partial charge is 0.511 e. The molecule has 3 aliphatic rings. The summed E-state index contributed by atoms with van der Waals surface area (Å²) in [6.07, 6.45) is 3.24. The van der Waals surface area contributed by atoms with Gasteiger partial charge >= 0.3 is 0 Å². The van der Waals surface area contributed by atoms with Crippen molar-refractivity contribution in [3.8, 4) is 0 Å². The minimum Gasteiger partial charge on any atom is -0.511 e. The summed E-state index contributed by atoms with van der Waals surface area (Å²) in [5.41, 5.74) is 11.7.